The van der Waals surface area contributed by atoms with E-state index in [1.165, 1.54) is 0 Å². The maximum Gasteiger partial charge on any atom is 0.253 e. The molecule has 0 fully saturated rings. The third-order valence-corrected chi connectivity index (χ3v) is 5.29. The van der Waals surface area contributed by atoms with E-state index in [9.17, 15) is 14.4 Å². The minimum Gasteiger partial charge on any atom is -0.376 e. The Morgan fingerprint density at radius 3 is 2.32 bits per heavy atom. The van der Waals surface area contributed by atoms with Gasteiger partial charge in [-0.3, -0.25) is 14.4 Å². The number of aryl methyl sites for hydroxylation is 1. The van der Waals surface area contributed by atoms with Crippen molar-refractivity contribution in [3.8, 4) is 0 Å². The Labute approximate surface area is 200 Å². The van der Waals surface area contributed by atoms with Crippen LogP contribution in [0.1, 0.15) is 34.8 Å². The topological polar surface area (TPSA) is 90.5 Å². The van der Waals surface area contributed by atoms with Crippen LogP contribution in [-0.4, -0.2) is 36.2 Å². The highest BCUT2D eigenvalue weighted by atomic mass is 16.2. The van der Waals surface area contributed by atoms with Crippen molar-refractivity contribution < 1.29 is 14.4 Å². The van der Waals surface area contributed by atoms with Crippen molar-refractivity contribution in [2.24, 2.45) is 0 Å². The average Bonchev–Trinajstić information content (AvgIpc) is 2.84. The largest absolute Gasteiger partial charge is 0.376 e. The van der Waals surface area contributed by atoms with Crippen LogP contribution in [-0.2, 0) is 16.1 Å². The summed E-state index contributed by atoms with van der Waals surface area (Å²) in [7, 11) is 1.75. The van der Waals surface area contributed by atoms with Crippen LogP contribution in [0.5, 0.6) is 0 Å². The summed E-state index contributed by atoms with van der Waals surface area (Å²) >= 11 is 0. The molecule has 3 aromatic rings. The van der Waals surface area contributed by atoms with Crippen LogP contribution < -0.4 is 16.0 Å². The summed E-state index contributed by atoms with van der Waals surface area (Å²) in [6.07, 6.45) is 0.392. The van der Waals surface area contributed by atoms with E-state index in [4.69, 9.17) is 0 Å². The molecular formula is C27H30N4O3. The molecule has 0 aliphatic rings. The van der Waals surface area contributed by atoms with Gasteiger partial charge in [0.15, 0.2) is 0 Å². The van der Waals surface area contributed by atoms with Gasteiger partial charge in [-0.15, -0.1) is 0 Å². The van der Waals surface area contributed by atoms with Gasteiger partial charge in [0.2, 0.25) is 11.8 Å². The monoisotopic (exact) mass is 458 g/mol. The molecule has 7 heteroatoms. The Balaban J connectivity index is 1.57. The number of amides is 3. The molecule has 0 heterocycles. The number of nitrogens with one attached hydrogen (secondary N) is 3. The van der Waals surface area contributed by atoms with Gasteiger partial charge in [-0.2, -0.15) is 0 Å². The van der Waals surface area contributed by atoms with Crippen LogP contribution in [0, 0.1) is 6.92 Å². The van der Waals surface area contributed by atoms with Crippen molar-refractivity contribution in [1.29, 1.82) is 0 Å². The molecule has 7 nitrogen and oxygen atoms in total. The van der Waals surface area contributed by atoms with Gasteiger partial charge in [0, 0.05) is 42.6 Å². The van der Waals surface area contributed by atoms with E-state index in [1.807, 2.05) is 49.4 Å². The highest BCUT2D eigenvalue weighted by molar-refractivity contribution is 5.98. The van der Waals surface area contributed by atoms with Gasteiger partial charge in [0.25, 0.3) is 5.91 Å². The molecule has 0 atom stereocenters. The molecule has 3 N–H and O–H groups in total. The van der Waals surface area contributed by atoms with Crippen molar-refractivity contribution in [2.45, 2.75) is 26.8 Å². The number of nitrogens with zero attached hydrogens (tertiary/aromatic N) is 1. The van der Waals surface area contributed by atoms with E-state index in [2.05, 4.69) is 16.0 Å². The molecule has 0 saturated carbocycles. The van der Waals surface area contributed by atoms with Crippen molar-refractivity contribution in [2.75, 3.05) is 29.5 Å². The van der Waals surface area contributed by atoms with E-state index >= 15 is 0 Å². The van der Waals surface area contributed by atoms with Gasteiger partial charge in [0.05, 0.1) is 6.54 Å². The third kappa shape index (κ3) is 6.93. The van der Waals surface area contributed by atoms with Crippen molar-refractivity contribution >= 4 is 34.8 Å². The number of carbonyl (C=O) groups is 3. The fourth-order valence-electron chi connectivity index (χ4n) is 3.37. The first-order chi connectivity index (χ1) is 16.4. The quantitative estimate of drug-likeness (QED) is 0.435. The molecule has 0 saturated heterocycles. The summed E-state index contributed by atoms with van der Waals surface area (Å²) < 4.78 is 0. The zero-order chi connectivity index (χ0) is 24.5. The molecule has 3 aromatic carbocycles. The molecule has 0 aliphatic carbocycles. The molecule has 0 unspecified atom stereocenters. The predicted octanol–water partition coefficient (Wildman–Crippen LogP) is 4.67. The van der Waals surface area contributed by atoms with Gasteiger partial charge in [0.1, 0.15) is 0 Å². The fourth-order valence-corrected chi connectivity index (χ4v) is 3.37. The Kier molecular flexibility index (Phi) is 8.40. The van der Waals surface area contributed by atoms with Gasteiger partial charge in [-0.05, 0) is 48.4 Å². The minimum absolute atomic E-state index is 0.0380. The second-order valence-electron chi connectivity index (χ2n) is 8.06. The molecule has 0 radical (unpaired) electrons. The van der Waals surface area contributed by atoms with E-state index in [0.717, 1.165) is 16.8 Å². The Hall–Kier alpha value is -4.13. The number of hydrogen-bond acceptors (Lipinski definition) is 4. The summed E-state index contributed by atoms with van der Waals surface area (Å²) in [5.74, 6) is -0.441. The molecular weight excluding hydrogens is 428 g/mol. The number of benzene rings is 3. The number of hydrogen-bond donors (Lipinski definition) is 3. The summed E-state index contributed by atoms with van der Waals surface area (Å²) in [5, 5.41) is 8.74. The molecule has 3 rings (SSSR count). The zero-order valence-electron chi connectivity index (χ0n) is 19.7. The lowest BCUT2D eigenvalue weighted by atomic mass is 10.1. The highest BCUT2D eigenvalue weighted by Gasteiger charge is 2.13. The van der Waals surface area contributed by atoms with Crippen molar-refractivity contribution in [1.82, 2.24) is 4.90 Å². The lowest BCUT2D eigenvalue weighted by Crippen LogP contribution is -2.26. The second-order valence-corrected chi connectivity index (χ2v) is 8.06. The van der Waals surface area contributed by atoms with Crippen LogP contribution in [0.2, 0.25) is 0 Å². The normalized spacial score (nSPS) is 10.3. The summed E-state index contributed by atoms with van der Waals surface area (Å²) in [4.78, 5) is 38.6. The average molecular weight is 459 g/mol. The highest BCUT2D eigenvalue weighted by Crippen LogP contribution is 2.20. The molecule has 0 bridgehead atoms. The lowest BCUT2D eigenvalue weighted by molar-refractivity contribution is -0.116. The zero-order valence-corrected chi connectivity index (χ0v) is 19.7. The SMILES string of the molecule is CCC(=O)Nc1cc(NCC(=O)Nc2cccc(C(=O)N(C)Cc3ccccc3)c2)ccc1C. The molecule has 0 spiro atoms. The molecule has 34 heavy (non-hydrogen) atoms. The van der Waals surface area contributed by atoms with Crippen LogP contribution in [0.25, 0.3) is 0 Å². The van der Waals surface area contributed by atoms with Crippen molar-refractivity contribution in [3.05, 3.63) is 89.5 Å². The summed E-state index contributed by atoms with van der Waals surface area (Å²) in [6, 6.07) is 22.2. The van der Waals surface area contributed by atoms with E-state index in [-0.39, 0.29) is 24.3 Å². The summed E-state index contributed by atoms with van der Waals surface area (Å²) in [5.41, 5.74) is 4.46. The second kappa shape index (κ2) is 11.7. The number of anilines is 3. The first kappa shape index (κ1) is 24.5. The minimum atomic E-state index is -0.248. The number of carbonyl (C=O) groups excluding carboxylic acids is 3. The Bertz CT molecular complexity index is 1160. The van der Waals surface area contributed by atoms with Gasteiger partial charge >= 0.3 is 0 Å². The Morgan fingerprint density at radius 1 is 0.824 bits per heavy atom. The Morgan fingerprint density at radius 2 is 1.59 bits per heavy atom. The van der Waals surface area contributed by atoms with Gasteiger partial charge < -0.3 is 20.9 Å². The number of rotatable bonds is 9. The first-order valence-electron chi connectivity index (χ1n) is 11.2. The smallest absolute Gasteiger partial charge is 0.253 e. The maximum atomic E-state index is 12.8. The van der Waals surface area contributed by atoms with Crippen LogP contribution in [0.4, 0.5) is 17.1 Å². The van der Waals surface area contributed by atoms with E-state index in [1.54, 1.807) is 49.2 Å². The van der Waals surface area contributed by atoms with Crippen LogP contribution in [0.15, 0.2) is 72.8 Å². The maximum absolute atomic E-state index is 12.8. The lowest BCUT2D eigenvalue weighted by Gasteiger charge is -2.18. The molecule has 176 valence electrons. The van der Waals surface area contributed by atoms with Gasteiger partial charge in [-0.25, -0.2) is 0 Å². The van der Waals surface area contributed by atoms with Gasteiger partial charge in [-0.1, -0.05) is 49.4 Å². The van der Waals surface area contributed by atoms with E-state index < -0.39 is 0 Å². The predicted molar refractivity (Wildman–Crippen MR) is 136 cm³/mol. The van der Waals surface area contributed by atoms with Crippen molar-refractivity contribution in [3.63, 3.8) is 0 Å². The summed E-state index contributed by atoms with van der Waals surface area (Å²) in [6.45, 7) is 4.24. The molecule has 0 aliphatic heterocycles. The molecule has 3 amide bonds. The van der Waals surface area contributed by atoms with E-state index in [0.29, 0.717) is 29.9 Å². The van der Waals surface area contributed by atoms with Crippen LogP contribution >= 0.6 is 0 Å². The standard InChI is InChI=1S/C27H30N4O3/c1-4-25(32)30-24-16-22(14-13-19(24)2)28-17-26(33)29-23-12-8-11-21(15-23)27(34)31(3)18-20-9-6-5-7-10-20/h5-16,28H,4,17-18H2,1-3H3,(H,29,33)(H,30,32). The fraction of sp³-hybridized carbons (Fsp3) is 0.222. The molecule has 0 aromatic heterocycles. The third-order valence-electron chi connectivity index (χ3n) is 5.29. The first-order valence-corrected chi connectivity index (χ1v) is 11.2. The van der Waals surface area contributed by atoms with Crippen LogP contribution in [0.3, 0.4) is 0 Å².